The number of H-pyrrole nitrogens is 1. The van der Waals surface area contributed by atoms with Gasteiger partial charge in [-0.1, -0.05) is 35.9 Å². The topological polar surface area (TPSA) is 41.2 Å². The number of anilines is 1. The van der Waals surface area contributed by atoms with Gasteiger partial charge in [0.25, 0.3) is 0 Å². The molecule has 4 nitrogen and oxygen atoms in total. The summed E-state index contributed by atoms with van der Waals surface area (Å²) >= 11 is 6.13. The van der Waals surface area contributed by atoms with Crippen LogP contribution in [0.3, 0.4) is 0 Å². The van der Waals surface area contributed by atoms with Gasteiger partial charge in [-0.15, -0.1) is 0 Å². The number of aromatic amines is 1. The third-order valence-corrected chi connectivity index (χ3v) is 4.87. The van der Waals surface area contributed by atoms with Crippen LogP contribution in [0.4, 0.5) is 5.69 Å². The summed E-state index contributed by atoms with van der Waals surface area (Å²) in [6.07, 6.45) is 0. The number of aromatic nitrogens is 2. The number of imidazole rings is 1. The van der Waals surface area contributed by atoms with Crippen molar-refractivity contribution in [1.29, 1.82) is 0 Å². The van der Waals surface area contributed by atoms with Gasteiger partial charge in [0.15, 0.2) is 6.73 Å². The van der Waals surface area contributed by atoms with Gasteiger partial charge < -0.3 is 14.6 Å². The highest BCUT2D eigenvalue weighted by molar-refractivity contribution is 6.30. The average Bonchev–Trinajstić information content (AvgIpc) is 3.12. The number of nitrogens with zero attached hydrogens (tertiary/aromatic N) is 2. The molecule has 5 heteroatoms. The number of halogens is 1. The normalized spacial score (nSPS) is 13.5. The quantitative estimate of drug-likeness (QED) is 0.530. The van der Waals surface area contributed by atoms with Crippen molar-refractivity contribution in [2.45, 2.75) is 6.54 Å². The molecule has 5 rings (SSSR count). The van der Waals surface area contributed by atoms with Gasteiger partial charge in [-0.05, 0) is 42.5 Å². The van der Waals surface area contributed by atoms with Crippen molar-refractivity contribution in [1.82, 2.24) is 9.97 Å². The predicted molar refractivity (Wildman–Crippen MR) is 105 cm³/mol. The maximum Gasteiger partial charge on any atom is 0.161 e. The van der Waals surface area contributed by atoms with Gasteiger partial charge in [-0.2, -0.15) is 0 Å². The third-order valence-electron chi connectivity index (χ3n) is 4.63. The monoisotopic (exact) mass is 361 g/mol. The zero-order valence-corrected chi connectivity index (χ0v) is 14.7. The Balaban J connectivity index is 1.48. The zero-order valence-electron chi connectivity index (χ0n) is 13.9. The average molecular weight is 362 g/mol. The second-order valence-corrected chi connectivity index (χ2v) is 6.81. The second kappa shape index (κ2) is 6.07. The molecule has 0 saturated heterocycles. The molecule has 128 valence electrons. The largest absolute Gasteiger partial charge is 0.473 e. The molecule has 0 bridgehead atoms. The van der Waals surface area contributed by atoms with E-state index in [0.29, 0.717) is 6.73 Å². The van der Waals surface area contributed by atoms with E-state index in [-0.39, 0.29) is 0 Å². The number of ether oxygens (including phenoxy) is 1. The number of nitrogens with one attached hydrogen (secondary N) is 1. The first kappa shape index (κ1) is 15.3. The van der Waals surface area contributed by atoms with Crippen molar-refractivity contribution in [2.24, 2.45) is 0 Å². The van der Waals surface area contributed by atoms with Crippen LogP contribution in [0.2, 0.25) is 5.02 Å². The van der Waals surface area contributed by atoms with Crippen molar-refractivity contribution < 1.29 is 4.74 Å². The van der Waals surface area contributed by atoms with Gasteiger partial charge in [0.05, 0.1) is 11.0 Å². The lowest BCUT2D eigenvalue weighted by atomic mass is 10.1. The number of hydrogen-bond donors (Lipinski definition) is 1. The van der Waals surface area contributed by atoms with Crippen molar-refractivity contribution in [3.05, 3.63) is 77.3 Å². The van der Waals surface area contributed by atoms with E-state index < -0.39 is 0 Å². The molecule has 0 radical (unpaired) electrons. The fraction of sp³-hybridized carbons (Fsp3) is 0.0952. The van der Waals surface area contributed by atoms with Crippen LogP contribution in [-0.2, 0) is 6.54 Å². The van der Waals surface area contributed by atoms with E-state index in [9.17, 15) is 0 Å². The van der Waals surface area contributed by atoms with Crippen LogP contribution in [0.15, 0.2) is 66.7 Å². The Morgan fingerprint density at radius 1 is 1.00 bits per heavy atom. The lowest BCUT2D eigenvalue weighted by Gasteiger charge is -2.31. The summed E-state index contributed by atoms with van der Waals surface area (Å²) in [7, 11) is 0. The van der Waals surface area contributed by atoms with Gasteiger partial charge >= 0.3 is 0 Å². The summed E-state index contributed by atoms with van der Waals surface area (Å²) < 4.78 is 5.88. The van der Waals surface area contributed by atoms with Gasteiger partial charge in [0.1, 0.15) is 11.6 Å². The summed E-state index contributed by atoms with van der Waals surface area (Å²) in [5.74, 6) is 1.77. The van der Waals surface area contributed by atoms with Gasteiger partial charge in [-0.25, -0.2) is 4.98 Å². The summed E-state index contributed by atoms with van der Waals surface area (Å²) in [6, 6.07) is 22.1. The first-order valence-corrected chi connectivity index (χ1v) is 8.85. The minimum Gasteiger partial charge on any atom is -0.473 e. The molecule has 4 aromatic rings. The Labute approximate surface area is 156 Å². The van der Waals surface area contributed by atoms with Crippen molar-refractivity contribution in [3.8, 4) is 17.1 Å². The first-order chi connectivity index (χ1) is 12.8. The molecule has 0 unspecified atom stereocenters. The number of fused-ring (bicyclic) bond motifs is 2. The fourth-order valence-electron chi connectivity index (χ4n) is 3.32. The molecule has 0 spiro atoms. The molecular formula is C21H16ClN3O. The van der Waals surface area contributed by atoms with Crippen LogP contribution in [0, 0.1) is 0 Å². The Morgan fingerprint density at radius 2 is 1.92 bits per heavy atom. The molecule has 3 aromatic carbocycles. The fourth-order valence-corrected chi connectivity index (χ4v) is 3.51. The Bertz CT molecular complexity index is 1070. The van der Waals surface area contributed by atoms with Crippen LogP contribution in [0.5, 0.6) is 5.75 Å². The SMILES string of the molecule is Clc1ccc2c(c1)CN(c1cccc(-c3nc4ccccc4[nH]3)c1)CO2. The van der Waals surface area contributed by atoms with E-state index in [0.717, 1.165) is 51.0 Å². The summed E-state index contributed by atoms with van der Waals surface area (Å²) in [5, 5.41) is 0.727. The Hall–Kier alpha value is -2.98. The highest BCUT2D eigenvalue weighted by Gasteiger charge is 2.18. The van der Waals surface area contributed by atoms with Crippen molar-refractivity contribution in [3.63, 3.8) is 0 Å². The molecule has 0 aliphatic carbocycles. The number of rotatable bonds is 2. The van der Waals surface area contributed by atoms with Gasteiger partial charge in [0.2, 0.25) is 0 Å². The molecule has 0 fully saturated rings. The molecule has 1 aromatic heterocycles. The van der Waals surface area contributed by atoms with E-state index in [4.69, 9.17) is 21.3 Å². The number of para-hydroxylation sites is 2. The maximum absolute atomic E-state index is 6.13. The summed E-state index contributed by atoms with van der Waals surface area (Å²) in [4.78, 5) is 10.3. The minimum absolute atomic E-state index is 0.512. The third kappa shape index (κ3) is 2.68. The zero-order chi connectivity index (χ0) is 17.5. The summed E-state index contributed by atoms with van der Waals surface area (Å²) in [6.45, 7) is 1.28. The minimum atomic E-state index is 0.512. The van der Waals surface area contributed by atoms with Crippen LogP contribution < -0.4 is 9.64 Å². The molecule has 0 atom stereocenters. The summed E-state index contributed by atoms with van der Waals surface area (Å²) in [5.41, 5.74) is 5.25. The van der Waals surface area contributed by atoms with E-state index in [2.05, 4.69) is 28.1 Å². The van der Waals surface area contributed by atoms with E-state index in [1.807, 2.05) is 48.5 Å². The molecule has 0 amide bonds. The van der Waals surface area contributed by atoms with Crippen LogP contribution in [0.25, 0.3) is 22.4 Å². The smallest absolute Gasteiger partial charge is 0.161 e. The van der Waals surface area contributed by atoms with Crippen molar-refractivity contribution >= 4 is 28.3 Å². The second-order valence-electron chi connectivity index (χ2n) is 6.38. The Kier molecular flexibility index (Phi) is 3.57. The maximum atomic E-state index is 6.13. The highest BCUT2D eigenvalue weighted by Crippen LogP contribution is 2.32. The Morgan fingerprint density at radius 3 is 2.85 bits per heavy atom. The van der Waals surface area contributed by atoms with Gasteiger partial charge in [-0.3, -0.25) is 0 Å². The van der Waals surface area contributed by atoms with Crippen molar-refractivity contribution in [2.75, 3.05) is 11.6 Å². The molecule has 26 heavy (non-hydrogen) atoms. The van der Waals surface area contributed by atoms with E-state index in [1.54, 1.807) is 0 Å². The van der Waals surface area contributed by atoms with Crippen LogP contribution in [0.1, 0.15) is 5.56 Å². The number of benzene rings is 3. The molecule has 1 aliphatic heterocycles. The molecule has 0 saturated carbocycles. The highest BCUT2D eigenvalue weighted by atomic mass is 35.5. The van der Waals surface area contributed by atoms with E-state index in [1.165, 1.54) is 0 Å². The molecule has 1 N–H and O–H groups in total. The van der Waals surface area contributed by atoms with Gasteiger partial charge in [0, 0.05) is 28.4 Å². The van der Waals surface area contributed by atoms with E-state index >= 15 is 0 Å². The standard InChI is InChI=1S/C21H16ClN3O/c22-16-8-9-20-15(10-16)12-25(13-26-20)17-5-3-4-14(11-17)21-23-18-6-1-2-7-19(18)24-21/h1-11H,12-13H2,(H,23,24). The number of hydrogen-bond acceptors (Lipinski definition) is 3. The van der Waals surface area contributed by atoms with Crippen LogP contribution in [-0.4, -0.2) is 16.7 Å². The van der Waals surface area contributed by atoms with Crippen LogP contribution >= 0.6 is 11.6 Å². The lowest BCUT2D eigenvalue weighted by molar-refractivity contribution is 0.289. The molecule has 1 aliphatic rings. The predicted octanol–water partition coefficient (Wildman–Crippen LogP) is 5.24. The first-order valence-electron chi connectivity index (χ1n) is 8.48. The molecule has 2 heterocycles. The lowest BCUT2D eigenvalue weighted by Crippen LogP contribution is -2.31. The molecular weight excluding hydrogens is 346 g/mol.